The van der Waals surface area contributed by atoms with Crippen LogP contribution in [0.2, 0.25) is 0 Å². The second-order valence-corrected chi connectivity index (χ2v) is 13.3. The van der Waals surface area contributed by atoms with Gasteiger partial charge in [0, 0.05) is 30.3 Å². The summed E-state index contributed by atoms with van der Waals surface area (Å²) in [6.45, 7) is 7.62. The Balaban J connectivity index is 1.01. The molecule has 0 spiro atoms. The van der Waals surface area contributed by atoms with E-state index in [4.69, 9.17) is 14.6 Å². The number of ether oxygens (including phenoxy) is 2. The predicted octanol–water partition coefficient (Wildman–Crippen LogP) is 5.99. The maximum Gasteiger partial charge on any atom is 0.324 e. The van der Waals surface area contributed by atoms with Crippen LogP contribution in [0, 0.1) is 0 Å². The summed E-state index contributed by atoms with van der Waals surface area (Å²) in [5.74, 6) is 3.30. The number of anilines is 2. The second-order valence-electron chi connectivity index (χ2n) is 13.3. The molecule has 2 aliphatic rings. The van der Waals surface area contributed by atoms with Crippen molar-refractivity contribution in [3.8, 4) is 28.6 Å². The summed E-state index contributed by atoms with van der Waals surface area (Å²) in [4.78, 5) is 28.4. The largest absolute Gasteiger partial charge is 0.496 e. The number of urea groups is 1. The number of rotatable bonds is 8. The van der Waals surface area contributed by atoms with Gasteiger partial charge in [-0.2, -0.15) is 5.10 Å². The summed E-state index contributed by atoms with van der Waals surface area (Å²) in [5, 5.41) is 19.6. The fourth-order valence-electron chi connectivity index (χ4n) is 6.43. The number of fused-ring (bicyclic) bond motifs is 2. The Labute approximate surface area is 285 Å². The third kappa shape index (κ3) is 6.46. The van der Waals surface area contributed by atoms with Crippen LogP contribution in [0.4, 0.5) is 16.3 Å². The Bertz CT molecular complexity index is 2010. The molecule has 0 bridgehead atoms. The van der Waals surface area contributed by atoms with Gasteiger partial charge >= 0.3 is 6.03 Å². The van der Waals surface area contributed by atoms with Crippen LogP contribution in [0.1, 0.15) is 49.8 Å². The fraction of sp³-hybridized carbons (Fsp3) is 0.324. The lowest BCUT2D eigenvalue weighted by Crippen LogP contribution is -2.41. The van der Waals surface area contributed by atoms with E-state index >= 15 is 0 Å². The van der Waals surface area contributed by atoms with Gasteiger partial charge in [-0.25, -0.2) is 9.48 Å². The van der Waals surface area contributed by atoms with E-state index in [-0.39, 0.29) is 24.0 Å². The lowest BCUT2D eigenvalue weighted by molar-refractivity contribution is -0.134. The summed E-state index contributed by atoms with van der Waals surface area (Å²) in [7, 11) is 1.63. The van der Waals surface area contributed by atoms with Crippen LogP contribution in [0.15, 0.2) is 72.8 Å². The Morgan fingerprint density at radius 2 is 1.65 bits per heavy atom. The minimum atomic E-state index is -0.359. The molecule has 0 saturated heterocycles. The van der Waals surface area contributed by atoms with E-state index in [0.717, 1.165) is 70.4 Å². The van der Waals surface area contributed by atoms with Crippen LogP contribution in [0.5, 0.6) is 11.5 Å². The molecule has 2 aromatic heterocycles. The van der Waals surface area contributed by atoms with Crippen molar-refractivity contribution in [1.82, 2.24) is 29.4 Å². The van der Waals surface area contributed by atoms with Crippen molar-refractivity contribution >= 4 is 23.4 Å². The smallest absolute Gasteiger partial charge is 0.324 e. The van der Waals surface area contributed by atoms with Gasteiger partial charge in [0.1, 0.15) is 17.3 Å². The van der Waals surface area contributed by atoms with Crippen LogP contribution in [0.25, 0.3) is 17.1 Å². The topological polar surface area (TPSA) is 128 Å². The highest BCUT2D eigenvalue weighted by Gasteiger charge is 2.28. The second kappa shape index (κ2) is 13.1. The minimum Gasteiger partial charge on any atom is -0.496 e. The minimum absolute atomic E-state index is 0.0905. The number of nitrogens with one attached hydrogen (secondary N) is 2. The molecule has 0 unspecified atom stereocenters. The average Bonchev–Trinajstić information content (AvgIpc) is 3.87. The maximum absolute atomic E-state index is 13.3. The first-order valence-corrected chi connectivity index (χ1v) is 16.5. The lowest BCUT2D eigenvalue weighted by Gasteiger charge is -2.28. The molecular formula is C37H40N8O4. The molecule has 0 radical (unpaired) electrons. The summed E-state index contributed by atoms with van der Waals surface area (Å²) >= 11 is 0. The monoisotopic (exact) mass is 660 g/mol. The number of hydrogen-bond donors (Lipinski definition) is 2. The van der Waals surface area contributed by atoms with Gasteiger partial charge in [-0.1, -0.05) is 51.1 Å². The third-order valence-electron chi connectivity index (χ3n) is 9.02. The van der Waals surface area contributed by atoms with Crippen LogP contribution in [-0.4, -0.2) is 61.6 Å². The van der Waals surface area contributed by atoms with Gasteiger partial charge in [0.05, 0.1) is 30.6 Å². The Morgan fingerprint density at radius 3 is 2.45 bits per heavy atom. The predicted molar refractivity (Wildman–Crippen MR) is 186 cm³/mol. The van der Waals surface area contributed by atoms with Crippen molar-refractivity contribution < 1.29 is 19.1 Å². The molecule has 0 saturated carbocycles. The zero-order chi connectivity index (χ0) is 34.1. The number of carbonyl (C=O) groups excluding carboxylic acids is 2. The fourth-order valence-corrected chi connectivity index (χ4v) is 6.43. The van der Waals surface area contributed by atoms with Gasteiger partial charge in [-0.3, -0.25) is 10.1 Å². The van der Waals surface area contributed by atoms with E-state index in [1.54, 1.807) is 16.7 Å². The molecule has 1 aliphatic heterocycles. The molecule has 252 valence electrons. The van der Waals surface area contributed by atoms with Gasteiger partial charge in [-0.15, -0.1) is 10.2 Å². The SMILES string of the molecule is COc1ccccc1-c1nnc2n1CCN(C(=O)COc1ccc(NC(=O)Nc3cc(C(C)(C)C)nn3-c3ccccc3)c3c1CCC3)C2. The van der Waals surface area contributed by atoms with E-state index < -0.39 is 0 Å². The first-order chi connectivity index (χ1) is 23.7. The first-order valence-electron chi connectivity index (χ1n) is 16.5. The number of amides is 3. The average molecular weight is 661 g/mol. The van der Waals surface area contributed by atoms with Gasteiger partial charge in [0.15, 0.2) is 18.3 Å². The zero-order valence-electron chi connectivity index (χ0n) is 28.2. The van der Waals surface area contributed by atoms with E-state index in [1.807, 2.05) is 77.4 Å². The van der Waals surface area contributed by atoms with Gasteiger partial charge in [0.2, 0.25) is 0 Å². The highest BCUT2D eigenvalue weighted by atomic mass is 16.5. The van der Waals surface area contributed by atoms with Crippen LogP contribution in [0.3, 0.4) is 0 Å². The molecule has 0 fully saturated rings. The summed E-state index contributed by atoms with van der Waals surface area (Å²) in [6, 6.07) is 22.7. The molecule has 0 atom stereocenters. The normalized spacial score (nSPS) is 13.8. The van der Waals surface area contributed by atoms with Crippen LogP contribution in [-0.2, 0) is 36.1 Å². The van der Waals surface area contributed by atoms with E-state index in [2.05, 4.69) is 41.6 Å². The highest BCUT2D eigenvalue weighted by Crippen LogP contribution is 2.36. The van der Waals surface area contributed by atoms with Crippen molar-refractivity contribution in [2.75, 3.05) is 30.9 Å². The van der Waals surface area contributed by atoms with E-state index in [1.165, 1.54) is 0 Å². The molecule has 49 heavy (non-hydrogen) atoms. The Hall–Kier alpha value is -5.65. The van der Waals surface area contributed by atoms with Crippen LogP contribution >= 0.6 is 0 Å². The number of nitrogens with zero attached hydrogens (tertiary/aromatic N) is 6. The van der Waals surface area contributed by atoms with E-state index in [9.17, 15) is 9.59 Å². The number of aromatic nitrogens is 5. The lowest BCUT2D eigenvalue weighted by atomic mass is 9.92. The molecule has 12 heteroatoms. The standard InChI is InChI=1S/C37H40N8O4/c1-37(2,3)31-21-32(45(42-31)24-11-6-5-7-12-24)39-36(47)38-28-17-18-30(26-15-10-14-25(26)28)49-23-34(46)43-19-20-44-33(22-43)40-41-35(44)27-13-8-9-16-29(27)48-4/h5-9,11-13,16-18,21H,10,14-15,19-20,22-23H2,1-4H3,(H2,38,39,47). The molecule has 3 aromatic carbocycles. The van der Waals surface area contributed by atoms with Crippen molar-refractivity contribution in [2.45, 2.75) is 58.5 Å². The molecule has 2 N–H and O–H groups in total. The number of hydrogen-bond acceptors (Lipinski definition) is 7. The zero-order valence-corrected chi connectivity index (χ0v) is 28.2. The number of para-hydroxylation sites is 2. The first kappa shape index (κ1) is 31.9. The summed E-state index contributed by atoms with van der Waals surface area (Å²) < 4.78 is 15.4. The van der Waals surface area contributed by atoms with Gasteiger partial charge in [0.25, 0.3) is 5.91 Å². The molecule has 5 aromatic rings. The summed E-state index contributed by atoms with van der Waals surface area (Å²) in [6.07, 6.45) is 2.55. The third-order valence-corrected chi connectivity index (χ3v) is 9.02. The van der Waals surface area contributed by atoms with Gasteiger partial charge < -0.3 is 24.3 Å². The van der Waals surface area contributed by atoms with Gasteiger partial charge in [-0.05, 0) is 66.8 Å². The van der Waals surface area contributed by atoms with Crippen molar-refractivity contribution in [1.29, 1.82) is 0 Å². The Morgan fingerprint density at radius 1 is 0.878 bits per heavy atom. The number of carbonyl (C=O) groups is 2. The van der Waals surface area contributed by atoms with Crippen molar-refractivity contribution in [2.24, 2.45) is 0 Å². The number of benzene rings is 3. The molecule has 3 amide bonds. The van der Waals surface area contributed by atoms with Crippen LogP contribution < -0.4 is 20.1 Å². The molecule has 12 nitrogen and oxygen atoms in total. The van der Waals surface area contributed by atoms with Crippen molar-refractivity contribution in [3.63, 3.8) is 0 Å². The molecule has 3 heterocycles. The highest BCUT2D eigenvalue weighted by molar-refractivity contribution is 6.00. The molecule has 7 rings (SSSR count). The quantitative estimate of drug-likeness (QED) is 0.209. The Kier molecular flexibility index (Phi) is 8.53. The molecular weight excluding hydrogens is 620 g/mol. The summed E-state index contributed by atoms with van der Waals surface area (Å²) in [5.41, 5.74) is 5.17. The molecule has 1 aliphatic carbocycles. The van der Waals surface area contributed by atoms with E-state index in [0.29, 0.717) is 31.2 Å². The number of methoxy groups -OCH3 is 1. The van der Waals surface area contributed by atoms with Crippen molar-refractivity contribution in [3.05, 3.63) is 95.4 Å². The maximum atomic E-state index is 13.3.